The number of piperazine rings is 1. The van der Waals surface area contributed by atoms with Gasteiger partial charge in [-0.2, -0.15) is 0 Å². The summed E-state index contributed by atoms with van der Waals surface area (Å²) in [6, 6.07) is 21.2. The summed E-state index contributed by atoms with van der Waals surface area (Å²) in [6.07, 6.45) is 1.49. The van der Waals surface area contributed by atoms with E-state index in [2.05, 4.69) is 20.4 Å². The molecule has 0 spiro atoms. The van der Waals surface area contributed by atoms with Crippen molar-refractivity contribution < 1.29 is 28.3 Å². The summed E-state index contributed by atoms with van der Waals surface area (Å²) in [5.41, 5.74) is 2.71. The number of hydrogen-bond donors (Lipinski definition) is 2. The first-order valence-corrected chi connectivity index (χ1v) is 15.2. The Morgan fingerprint density at radius 3 is 2.34 bits per heavy atom. The summed E-state index contributed by atoms with van der Waals surface area (Å²) in [4.78, 5) is 43.1. The molecular weight excluding hydrogens is 562 g/mol. The quantitative estimate of drug-likeness (QED) is 0.322. The molecule has 0 radical (unpaired) electrons. The zero-order valence-corrected chi connectivity index (χ0v) is 25.2. The van der Waals surface area contributed by atoms with Crippen LogP contribution in [0.2, 0.25) is 0 Å². The number of hydrogen-bond acceptors (Lipinski definition) is 8. The number of para-hydroxylation sites is 1. The molecule has 2 aromatic carbocycles. The second-order valence-electron chi connectivity index (χ2n) is 11.1. The highest BCUT2D eigenvalue weighted by molar-refractivity contribution is 5.92. The number of carbonyl (C=O) groups excluding carboxylic acids is 3. The van der Waals surface area contributed by atoms with Crippen LogP contribution in [-0.4, -0.2) is 98.4 Å². The first kappa shape index (κ1) is 31.1. The molecule has 0 bridgehead atoms. The molecule has 3 amide bonds. The molecule has 2 fully saturated rings. The second-order valence-corrected chi connectivity index (χ2v) is 11.1. The number of piperidine rings is 1. The van der Waals surface area contributed by atoms with Gasteiger partial charge in [0.1, 0.15) is 11.9 Å². The summed E-state index contributed by atoms with van der Waals surface area (Å²) in [7, 11) is 1.39. The Kier molecular flexibility index (Phi) is 10.9. The van der Waals surface area contributed by atoms with Crippen LogP contribution in [0.3, 0.4) is 0 Å². The first-order chi connectivity index (χ1) is 21.5. The van der Waals surface area contributed by atoms with E-state index in [1.807, 2.05) is 60.7 Å². The Hall–Kier alpha value is -4.35. The predicted molar refractivity (Wildman–Crippen MR) is 166 cm³/mol. The van der Waals surface area contributed by atoms with Crippen LogP contribution < -0.4 is 10.6 Å². The topological polar surface area (TPSA) is 117 Å². The SMILES string of the molecule is COC(=O)N1CCN(Cc2ccc(C(=O)NCCCN3CCC(OC(=O)Nc4ccccc4-c4ccccc4)CC3)o2)CC1. The lowest BCUT2D eigenvalue weighted by Crippen LogP contribution is -2.48. The molecule has 234 valence electrons. The van der Waals surface area contributed by atoms with Gasteiger partial charge in [0.2, 0.25) is 0 Å². The molecule has 2 N–H and O–H groups in total. The van der Waals surface area contributed by atoms with Crippen molar-refractivity contribution in [2.75, 3.05) is 64.8 Å². The molecule has 2 aliphatic heterocycles. The Labute approximate surface area is 258 Å². The number of furan rings is 1. The number of ether oxygens (including phenoxy) is 2. The molecule has 0 unspecified atom stereocenters. The molecule has 2 saturated heterocycles. The first-order valence-electron chi connectivity index (χ1n) is 15.2. The molecule has 44 heavy (non-hydrogen) atoms. The Balaban J connectivity index is 0.959. The van der Waals surface area contributed by atoms with Gasteiger partial charge >= 0.3 is 12.2 Å². The minimum Gasteiger partial charge on any atom is -0.455 e. The van der Waals surface area contributed by atoms with E-state index >= 15 is 0 Å². The van der Waals surface area contributed by atoms with Gasteiger partial charge in [0.25, 0.3) is 5.91 Å². The lowest BCUT2D eigenvalue weighted by Gasteiger charge is -2.33. The molecule has 1 aromatic heterocycles. The number of anilines is 1. The van der Waals surface area contributed by atoms with Crippen LogP contribution >= 0.6 is 0 Å². The van der Waals surface area contributed by atoms with Crippen molar-refractivity contribution in [2.45, 2.75) is 31.9 Å². The highest BCUT2D eigenvalue weighted by Crippen LogP contribution is 2.28. The molecule has 0 saturated carbocycles. The largest absolute Gasteiger partial charge is 0.455 e. The molecule has 5 rings (SSSR count). The van der Waals surface area contributed by atoms with Gasteiger partial charge in [0.05, 0.1) is 19.3 Å². The van der Waals surface area contributed by atoms with Crippen LogP contribution in [0.5, 0.6) is 0 Å². The molecule has 0 aliphatic carbocycles. The van der Waals surface area contributed by atoms with Crippen LogP contribution in [0.1, 0.15) is 35.6 Å². The number of carbonyl (C=O) groups is 3. The van der Waals surface area contributed by atoms with E-state index in [1.165, 1.54) is 7.11 Å². The third kappa shape index (κ3) is 8.61. The minimum atomic E-state index is -0.434. The third-order valence-electron chi connectivity index (χ3n) is 8.06. The Morgan fingerprint density at radius 2 is 1.59 bits per heavy atom. The Bertz CT molecular complexity index is 1380. The summed E-state index contributed by atoms with van der Waals surface area (Å²) in [6.45, 7) is 6.30. The number of amides is 3. The highest BCUT2D eigenvalue weighted by atomic mass is 16.6. The number of benzene rings is 2. The van der Waals surface area contributed by atoms with Crippen LogP contribution in [-0.2, 0) is 16.0 Å². The summed E-state index contributed by atoms with van der Waals surface area (Å²) in [5, 5.41) is 5.87. The van der Waals surface area contributed by atoms with Gasteiger partial charge in [-0.15, -0.1) is 0 Å². The van der Waals surface area contributed by atoms with Gasteiger partial charge in [-0.3, -0.25) is 15.0 Å². The highest BCUT2D eigenvalue weighted by Gasteiger charge is 2.24. The summed E-state index contributed by atoms with van der Waals surface area (Å²) >= 11 is 0. The molecule has 0 atom stereocenters. The van der Waals surface area contributed by atoms with E-state index in [0.29, 0.717) is 31.9 Å². The van der Waals surface area contributed by atoms with Crippen LogP contribution in [0.25, 0.3) is 11.1 Å². The minimum absolute atomic E-state index is 0.125. The fourth-order valence-electron chi connectivity index (χ4n) is 5.62. The lowest BCUT2D eigenvalue weighted by atomic mass is 10.0. The maximum Gasteiger partial charge on any atom is 0.411 e. The van der Waals surface area contributed by atoms with Gasteiger partial charge in [-0.1, -0.05) is 48.5 Å². The second kappa shape index (κ2) is 15.4. The van der Waals surface area contributed by atoms with E-state index in [1.54, 1.807) is 11.0 Å². The average molecular weight is 604 g/mol. The van der Waals surface area contributed by atoms with Gasteiger partial charge in [0, 0.05) is 51.4 Å². The van der Waals surface area contributed by atoms with Gasteiger partial charge < -0.3 is 29.0 Å². The standard InChI is InChI=1S/C33H41N5O6/c1-42-33(41)38-22-20-37(21-23-38)24-27-12-13-30(43-27)31(39)34-16-7-17-36-18-14-26(15-19-36)44-32(40)35-29-11-6-5-10-28(29)25-8-3-2-4-9-25/h2-6,8-13,26H,7,14-24H2,1H3,(H,34,39)(H,35,40). The smallest absolute Gasteiger partial charge is 0.411 e. The zero-order valence-electron chi connectivity index (χ0n) is 25.2. The number of rotatable bonds is 10. The van der Waals surface area contributed by atoms with E-state index in [9.17, 15) is 14.4 Å². The molecule has 11 heteroatoms. The third-order valence-corrected chi connectivity index (χ3v) is 8.06. The van der Waals surface area contributed by atoms with Crippen molar-refractivity contribution >= 4 is 23.8 Å². The van der Waals surface area contributed by atoms with Gasteiger partial charge in [-0.05, 0) is 49.6 Å². The molecule has 3 heterocycles. The van der Waals surface area contributed by atoms with Crippen molar-refractivity contribution in [1.82, 2.24) is 20.0 Å². The van der Waals surface area contributed by atoms with Crippen molar-refractivity contribution in [3.63, 3.8) is 0 Å². The van der Waals surface area contributed by atoms with Crippen LogP contribution in [0.15, 0.2) is 71.1 Å². The van der Waals surface area contributed by atoms with E-state index in [4.69, 9.17) is 13.9 Å². The molecular formula is C33H41N5O6. The average Bonchev–Trinajstić information content (AvgIpc) is 3.53. The van der Waals surface area contributed by atoms with E-state index in [-0.39, 0.29) is 18.1 Å². The maximum absolute atomic E-state index is 12.7. The number of methoxy groups -OCH3 is 1. The number of nitrogens with one attached hydrogen (secondary N) is 2. The molecule has 3 aromatic rings. The lowest BCUT2D eigenvalue weighted by molar-refractivity contribution is 0.0586. The van der Waals surface area contributed by atoms with Crippen molar-refractivity contribution in [3.8, 4) is 11.1 Å². The van der Waals surface area contributed by atoms with E-state index in [0.717, 1.165) is 74.6 Å². The molecule has 2 aliphatic rings. The normalized spacial score (nSPS) is 16.3. The van der Waals surface area contributed by atoms with Crippen molar-refractivity contribution in [3.05, 3.63) is 78.3 Å². The van der Waals surface area contributed by atoms with Crippen LogP contribution in [0, 0.1) is 0 Å². The van der Waals surface area contributed by atoms with Crippen molar-refractivity contribution in [1.29, 1.82) is 0 Å². The fourth-order valence-corrected chi connectivity index (χ4v) is 5.62. The predicted octanol–water partition coefficient (Wildman–Crippen LogP) is 4.66. The molecule has 11 nitrogen and oxygen atoms in total. The Morgan fingerprint density at radius 1 is 0.864 bits per heavy atom. The monoisotopic (exact) mass is 603 g/mol. The number of likely N-dealkylation sites (tertiary alicyclic amines) is 1. The van der Waals surface area contributed by atoms with Crippen molar-refractivity contribution in [2.24, 2.45) is 0 Å². The summed E-state index contributed by atoms with van der Waals surface area (Å²) in [5.74, 6) is 0.801. The number of nitrogens with zero attached hydrogens (tertiary/aromatic N) is 3. The van der Waals surface area contributed by atoms with Gasteiger partial charge in [0.15, 0.2) is 5.76 Å². The van der Waals surface area contributed by atoms with Crippen LogP contribution in [0.4, 0.5) is 15.3 Å². The van der Waals surface area contributed by atoms with Gasteiger partial charge in [-0.25, -0.2) is 9.59 Å². The maximum atomic E-state index is 12.7. The van der Waals surface area contributed by atoms with E-state index < -0.39 is 6.09 Å². The summed E-state index contributed by atoms with van der Waals surface area (Å²) < 4.78 is 16.3. The fraction of sp³-hybridized carbons (Fsp3) is 0.424. The zero-order chi connectivity index (χ0) is 30.7.